The number of hydrogen-bond donors (Lipinski definition) is 4. The zero-order valence-electron chi connectivity index (χ0n) is 18.8. The molecule has 0 aliphatic carbocycles. The van der Waals surface area contributed by atoms with Crippen LogP contribution in [0.1, 0.15) is 24.0 Å². The summed E-state index contributed by atoms with van der Waals surface area (Å²) in [7, 11) is 0. The summed E-state index contributed by atoms with van der Waals surface area (Å²) in [6.45, 7) is 10.5. The second-order valence-electron chi connectivity index (χ2n) is 7.24. The van der Waals surface area contributed by atoms with Crippen LogP contribution in [0.2, 0.25) is 0 Å². The molecule has 0 saturated carbocycles. The number of nitrogens with zero attached hydrogens (tertiary/aromatic N) is 2. The molecule has 12 heteroatoms. The number of anilines is 1. The van der Waals surface area contributed by atoms with E-state index in [0.717, 1.165) is 70.6 Å². The van der Waals surface area contributed by atoms with Crippen LogP contribution in [0.5, 0.6) is 0 Å². The maximum Gasteiger partial charge on any atom is 0.182 e. The van der Waals surface area contributed by atoms with Crippen molar-refractivity contribution in [2.24, 2.45) is 0 Å². The second-order valence-corrected chi connectivity index (χ2v) is 8.14. The fraction of sp³-hybridized carbons (Fsp3) is 0.571. The van der Waals surface area contributed by atoms with Crippen LogP contribution < -0.4 is 21.3 Å². The maximum atomic E-state index is 4.27. The van der Waals surface area contributed by atoms with Gasteiger partial charge in [-0.3, -0.25) is 4.90 Å². The van der Waals surface area contributed by atoms with Gasteiger partial charge in [0, 0.05) is 50.8 Å². The van der Waals surface area contributed by atoms with E-state index in [1.165, 1.54) is 24.0 Å². The first-order chi connectivity index (χ1) is 13.9. The fourth-order valence-corrected chi connectivity index (χ4v) is 3.86. The summed E-state index contributed by atoms with van der Waals surface area (Å²) in [4.78, 5) is 6.84. The van der Waals surface area contributed by atoms with Crippen molar-refractivity contribution >= 4 is 78.5 Å². The molecule has 194 valence electrons. The summed E-state index contributed by atoms with van der Waals surface area (Å²) in [5.41, 5.74) is 2.68. The predicted octanol–water partition coefficient (Wildman–Crippen LogP) is 4.23. The van der Waals surface area contributed by atoms with Gasteiger partial charge in [-0.15, -0.1) is 73.4 Å². The van der Waals surface area contributed by atoms with Crippen molar-refractivity contribution in [3.63, 3.8) is 0 Å². The quantitative estimate of drug-likeness (QED) is 0.422. The lowest BCUT2D eigenvalue weighted by Gasteiger charge is -2.23. The molecular weight excluding hydrogens is 546 g/mol. The van der Waals surface area contributed by atoms with Crippen molar-refractivity contribution in [3.8, 4) is 0 Å². The van der Waals surface area contributed by atoms with Crippen LogP contribution in [0.3, 0.4) is 0 Å². The Labute approximate surface area is 233 Å². The third-order valence-corrected chi connectivity index (χ3v) is 5.65. The van der Waals surface area contributed by atoms with Gasteiger partial charge in [0.2, 0.25) is 0 Å². The molecule has 1 aromatic carbocycles. The van der Waals surface area contributed by atoms with Crippen molar-refractivity contribution in [2.75, 3.05) is 57.7 Å². The molecule has 1 fully saturated rings. The Morgan fingerprint density at radius 1 is 0.758 bits per heavy atom. The predicted molar refractivity (Wildman–Crippen MR) is 155 cm³/mol. The third-order valence-electron chi connectivity index (χ3n) is 4.92. The number of hydrogen-bond acceptors (Lipinski definition) is 7. The number of benzene rings is 1. The highest BCUT2D eigenvalue weighted by atomic mass is 35.5. The lowest BCUT2D eigenvalue weighted by molar-refractivity contribution is 0.260. The third kappa shape index (κ3) is 16.3. The van der Waals surface area contributed by atoms with Gasteiger partial charge in [0.15, 0.2) is 5.13 Å². The van der Waals surface area contributed by atoms with Crippen LogP contribution >= 0.6 is 73.4 Å². The number of rotatable bonds is 5. The molecule has 0 amide bonds. The van der Waals surface area contributed by atoms with Gasteiger partial charge in [0.1, 0.15) is 0 Å². The zero-order chi connectivity index (χ0) is 19.3. The Morgan fingerprint density at radius 2 is 1.36 bits per heavy atom. The van der Waals surface area contributed by atoms with Crippen LogP contribution in [-0.2, 0) is 13.1 Å². The van der Waals surface area contributed by atoms with E-state index >= 15 is 0 Å². The first-order valence-electron chi connectivity index (χ1n) is 10.5. The van der Waals surface area contributed by atoms with E-state index in [1.807, 2.05) is 11.6 Å². The van der Waals surface area contributed by atoms with Crippen LogP contribution in [0.25, 0.3) is 0 Å². The summed E-state index contributed by atoms with van der Waals surface area (Å²) >= 11 is 1.64. The molecule has 6 nitrogen and oxygen atoms in total. The van der Waals surface area contributed by atoms with E-state index in [4.69, 9.17) is 0 Å². The number of halogens is 5. The van der Waals surface area contributed by atoms with Crippen molar-refractivity contribution < 1.29 is 0 Å². The first-order valence-corrected chi connectivity index (χ1v) is 11.3. The van der Waals surface area contributed by atoms with Gasteiger partial charge in [-0.2, -0.15) is 0 Å². The number of aromatic nitrogens is 1. The Kier molecular flexibility index (Phi) is 26.9. The van der Waals surface area contributed by atoms with Crippen molar-refractivity contribution in [2.45, 2.75) is 25.9 Å². The minimum Gasteiger partial charge on any atom is -0.357 e. The number of nitrogens with one attached hydrogen (secondary N) is 4. The molecule has 0 atom stereocenters. The summed E-state index contributed by atoms with van der Waals surface area (Å²) < 4.78 is 0. The normalized spacial score (nSPS) is 15.6. The molecule has 2 aromatic rings. The summed E-state index contributed by atoms with van der Waals surface area (Å²) in [6.07, 6.45) is 4.21. The molecule has 1 aliphatic heterocycles. The van der Waals surface area contributed by atoms with Crippen LogP contribution in [-0.4, -0.2) is 62.2 Å². The van der Waals surface area contributed by atoms with Gasteiger partial charge < -0.3 is 21.3 Å². The SMILES string of the molecule is Cl.Cl.Cl.Cl.Cl.c1csc(NCc2ccc(CN3CCCNCCNCCCNCC3)cc2)n1. The molecule has 1 aromatic heterocycles. The van der Waals surface area contributed by atoms with Crippen LogP contribution in [0, 0.1) is 0 Å². The van der Waals surface area contributed by atoms with Gasteiger partial charge in [0.05, 0.1) is 0 Å². The molecule has 3 rings (SSSR count). The molecule has 4 N–H and O–H groups in total. The highest BCUT2D eigenvalue weighted by Gasteiger charge is 2.07. The molecule has 1 aliphatic rings. The Bertz CT molecular complexity index is 637. The molecule has 2 heterocycles. The zero-order valence-corrected chi connectivity index (χ0v) is 23.7. The van der Waals surface area contributed by atoms with Gasteiger partial charge in [-0.25, -0.2) is 4.98 Å². The minimum absolute atomic E-state index is 0. The molecule has 1 saturated heterocycles. The van der Waals surface area contributed by atoms with E-state index in [2.05, 4.69) is 55.4 Å². The average molecular weight is 585 g/mol. The average Bonchev–Trinajstić information content (AvgIpc) is 3.24. The monoisotopic (exact) mass is 582 g/mol. The second kappa shape index (κ2) is 23.7. The summed E-state index contributed by atoms with van der Waals surface area (Å²) in [5, 5.41) is 16.9. The standard InChI is InChI=1S/C21H34N6S.5ClH/c1-7-22-10-11-23-9-2-14-27(15-12-24-8-1)18-20-5-3-19(4-6-20)17-26-21-25-13-16-28-21;;;;;/h3-6,13,16,22-24H,1-2,7-12,14-15,17-18H2,(H,25,26);5*1H. The van der Waals surface area contributed by atoms with E-state index < -0.39 is 0 Å². The van der Waals surface area contributed by atoms with E-state index in [9.17, 15) is 0 Å². The van der Waals surface area contributed by atoms with Crippen LogP contribution in [0.15, 0.2) is 35.8 Å². The molecular formula is C21H39Cl5N6S. The van der Waals surface area contributed by atoms with Gasteiger partial charge >= 0.3 is 0 Å². The van der Waals surface area contributed by atoms with Crippen molar-refractivity contribution in [1.29, 1.82) is 0 Å². The fourth-order valence-electron chi connectivity index (χ4n) is 3.33. The number of thiazole rings is 1. The molecule has 33 heavy (non-hydrogen) atoms. The summed E-state index contributed by atoms with van der Waals surface area (Å²) in [6, 6.07) is 8.99. The Hall–Kier alpha value is -0.0600. The molecule has 0 radical (unpaired) electrons. The highest BCUT2D eigenvalue weighted by Crippen LogP contribution is 2.13. The Morgan fingerprint density at radius 3 is 2.00 bits per heavy atom. The van der Waals surface area contributed by atoms with Gasteiger partial charge in [0.25, 0.3) is 0 Å². The van der Waals surface area contributed by atoms with E-state index in [1.54, 1.807) is 11.3 Å². The van der Waals surface area contributed by atoms with Crippen molar-refractivity contribution in [1.82, 2.24) is 25.8 Å². The first kappa shape index (κ1) is 37.5. The van der Waals surface area contributed by atoms with Gasteiger partial charge in [-0.1, -0.05) is 24.3 Å². The lowest BCUT2D eigenvalue weighted by Crippen LogP contribution is -2.36. The minimum atomic E-state index is 0. The largest absolute Gasteiger partial charge is 0.357 e. The lowest BCUT2D eigenvalue weighted by atomic mass is 10.1. The van der Waals surface area contributed by atoms with Crippen LogP contribution in [0.4, 0.5) is 5.13 Å². The molecule has 0 unspecified atom stereocenters. The van der Waals surface area contributed by atoms with Crippen molar-refractivity contribution in [3.05, 3.63) is 47.0 Å². The molecule has 0 bridgehead atoms. The topological polar surface area (TPSA) is 64.2 Å². The highest BCUT2D eigenvalue weighted by molar-refractivity contribution is 7.13. The van der Waals surface area contributed by atoms with Gasteiger partial charge in [-0.05, 0) is 50.1 Å². The summed E-state index contributed by atoms with van der Waals surface area (Å²) in [5.74, 6) is 0. The smallest absolute Gasteiger partial charge is 0.182 e. The molecule has 0 spiro atoms. The Balaban J connectivity index is -0.00000180. The van der Waals surface area contributed by atoms with E-state index in [-0.39, 0.29) is 62.0 Å². The van der Waals surface area contributed by atoms with E-state index in [0.29, 0.717) is 0 Å². The maximum absolute atomic E-state index is 4.27.